The van der Waals surface area contributed by atoms with E-state index in [1.54, 1.807) is 12.1 Å². The van der Waals surface area contributed by atoms with E-state index >= 15 is 0 Å². The fraction of sp³-hybridized carbons (Fsp3) is 0.231. The molecule has 0 amide bonds. The van der Waals surface area contributed by atoms with Gasteiger partial charge in [0, 0.05) is 42.1 Å². The Morgan fingerprint density at radius 1 is 1.29 bits per heavy atom. The van der Waals surface area contributed by atoms with E-state index in [9.17, 15) is 4.39 Å². The van der Waals surface area contributed by atoms with Crippen LogP contribution in [0.3, 0.4) is 0 Å². The van der Waals surface area contributed by atoms with Crippen molar-refractivity contribution >= 4 is 15.9 Å². The molecule has 2 rings (SSSR count). The maximum atomic E-state index is 13.4. The van der Waals surface area contributed by atoms with Gasteiger partial charge < -0.3 is 9.88 Å². The largest absolute Gasteiger partial charge is 0.353 e. The van der Waals surface area contributed by atoms with Gasteiger partial charge in [-0.05, 0) is 30.3 Å². The molecule has 1 aromatic heterocycles. The molecule has 0 fully saturated rings. The van der Waals surface area contributed by atoms with Crippen molar-refractivity contribution in [3.63, 3.8) is 0 Å². The molecule has 17 heavy (non-hydrogen) atoms. The van der Waals surface area contributed by atoms with Gasteiger partial charge in [0.1, 0.15) is 5.82 Å². The Balaban J connectivity index is 1.94. The molecule has 1 N–H and O–H groups in total. The number of halogens is 2. The van der Waals surface area contributed by atoms with Gasteiger partial charge in [0.05, 0.1) is 0 Å². The molecule has 0 bridgehead atoms. The van der Waals surface area contributed by atoms with Crippen molar-refractivity contribution in [1.29, 1.82) is 0 Å². The van der Waals surface area contributed by atoms with Gasteiger partial charge in [-0.2, -0.15) is 0 Å². The molecule has 90 valence electrons. The van der Waals surface area contributed by atoms with Gasteiger partial charge in [-0.25, -0.2) is 4.39 Å². The lowest BCUT2D eigenvalue weighted by molar-refractivity contribution is 0.581. The topological polar surface area (TPSA) is 17.0 Å². The van der Waals surface area contributed by atoms with Crippen LogP contribution in [0.4, 0.5) is 4.39 Å². The molecule has 0 spiro atoms. The first kappa shape index (κ1) is 12.3. The smallest absolute Gasteiger partial charge is 0.127 e. The quantitative estimate of drug-likeness (QED) is 0.917. The van der Waals surface area contributed by atoms with Crippen LogP contribution in [-0.4, -0.2) is 4.57 Å². The van der Waals surface area contributed by atoms with E-state index in [4.69, 9.17) is 0 Å². The predicted octanol–water partition coefficient (Wildman–Crippen LogP) is 3.22. The van der Waals surface area contributed by atoms with Crippen molar-refractivity contribution in [1.82, 2.24) is 9.88 Å². The summed E-state index contributed by atoms with van der Waals surface area (Å²) < 4.78 is 16.4. The van der Waals surface area contributed by atoms with Crippen molar-refractivity contribution in [3.05, 3.63) is 58.1 Å². The molecule has 0 unspecified atom stereocenters. The molecule has 0 aliphatic carbocycles. The lowest BCUT2D eigenvalue weighted by Crippen LogP contribution is -2.15. The normalized spacial score (nSPS) is 10.8. The highest BCUT2D eigenvalue weighted by Crippen LogP contribution is 2.15. The third-order valence-corrected chi connectivity index (χ3v) is 3.17. The second-order valence-corrected chi connectivity index (χ2v) is 4.87. The van der Waals surface area contributed by atoms with Crippen LogP contribution in [0.5, 0.6) is 0 Å². The summed E-state index contributed by atoms with van der Waals surface area (Å²) in [5, 5.41) is 3.23. The highest BCUT2D eigenvalue weighted by atomic mass is 79.9. The highest BCUT2D eigenvalue weighted by Gasteiger charge is 2.03. The van der Waals surface area contributed by atoms with Crippen LogP contribution in [0, 0.1) is 5.82 Å². The van der Waals surface area contributed by atoms with Crippen molar-refractivity contribution in [2.75, 3.05) is 0 Å². The maximum absolute atomic E-state index is 13.4. The van der Waals surface area contributed by atoms with Crippen LogP contribution in [0.1, 0.15) is 11.3 Å². The summed E-state index contributed by atoms with van der Waals surface area (Å²) in [5.41, 5.74) is 1.86. The lowest BCUT2D eigenvalue weighted by atomic mass is 10.2. The Hall–Kier alpha value is -1.13. The molecule has 0 saturated heterocycles. The Kier molecular flexibility index (Phi) is 3.97. The van der Waals surface area contributed by atoms with Crippen molar-refractivity contribution in [2.24, 2.45) is 7.05 Å². The molecule has 0 atom stereocenters. The third-order valence-electron chi connectivity index (χ3n) is 2.68. The molecule has 4 heteroatoms. The van der Waals surface area contributed by atoms with Gasteiger partial charge >= 0.3 is 0 Å². The van der Waals surface area contributed by atoms with Crippen molar-refractivity contribution in [2.45, 2.75) is 13.1 Å². The molecular formula is C13H14BrFN2. The van der Waals surface area contributed by atoms with E-state index in [2.05, 4.69) is 21.2 Å². The van der Waals surface area contributed by atoms with Crippen LogP contribution in [0.2, 0.25) is 0 Å². The van der Waals surface area contributed by atoms with Gasteiger partial charge in [-0.15, -0.1) is 0 Å². The zero-order chi connectivity index (χ0) is 12.3. The minimum absolute atomic E-state index is 0.174. The lowest BCUT2D eigenvalue weighted by Gasteiger charge is -2.07. The minimum atomic E-state index is -0.174. The molecule has 0 saturated carbocycles. The SMILES string of the molecule is Cn1cccc1CNCc1cc(Br)ccc1F. The van der Waals surface area contributed by atoms with Crippen molar-refractivity contribution < 1.29 is 4.39 Å². The van der Waals surface area contributed by atoms with Crippen LogP contribution in [-0.2, 0) is 20.1 Å². The number of nitrogens with one attached hydrogen (secondary N) is 1. The average molecular weight is 297 g/mol. The molecule has 0 aliphatic rings. The number of aromatic nitrogens is 1. The Bertz CT molecular complexity index is 508. The van der Waals surface area contributed by atoms with E-state index in [-0.39, 0.29) is 5.82 Å². The van der Waals surface area contributed by atoms with Gasteiger partial charge in [0.15, 0.2) is 0 Å². The van der Waals surface area contributed by atoms with Gasteiger partial charge in [0.25, 0.3) is 0 Å². The average Bonchev–Trinajstić information content (AvgIpc) is 2.70. The zero-order valence-electron chi connectivity index (χ0n) is 9.58. The van der Waals surface area contributed by atoms with Crippen LogP contribution >= 0.6 is 15.9 Å². The Morgan fingerprint density at radius 2 is 2.12 bits per heavy atom. The van der Waals surface area contributed by atoms with Crippen LogP contribution < -0.4 is 5.32 Å². The summed E-state index contributed by atoms with van der Waals surface area (Å²) in [4.78, 5) is 0. The van der Waals surface area contributed by atoms with E-state index in [1.807, 2.05) is 29.9 Å². The second kappa shape index (κ2) is 5.47. The minimum Gasteiger partial charge on any atom is -0.353 e. The standard InChI is InChI=1S/C13H14BrFN2/c1-17-6-2-3-12(17)9-16-8-10-7-11(14)4-5-13(10)15/h2-7,16H,8-9H2,1H3. The molecule has 0 aliphatic heterocycles. The molecule has 2 nitrogen and oxygen atoms in total. The number of benzene rings is 1. The second-order valence-electron chi connectivity index (χ2n) is 3.95. The van der Waals surface area contributed by atoms with Crippen LogP contribution in [0.15, 0.2) is 41.0 Å². The monoisotopic (exact) mass is 296 g/mol. The first-order valence-corrected chi connectivity index (χ1v) is 6.21. The number of hydrogen-bond acceptors (Lipinski definition) is 1. The molecule has 0 radical (unpaired) electrons. The van der Waals surface area contributed by atoms with E-state index in [1.165, 1.54) is 11.8 Å². The van der Waals surface area contributed by atoms with E-state index < -0.39 is 0 Å². The van der Waals surface area contributed by atoms with Gasteiger partial charge in [-0.1, -0.05) is 15.9 Å². The summed E-state index contributed by atoms with van der Waals surface area (Å²) in [6, 6.07) is 9.02. The first-order chi connectivity index (χ1) is 8.16. The summed E-state index contributed by atoms with van der Waals surface area (Å²) in [6.07, 6.45) is 2.00. The fourth-order valence-corrected chi connectivity index (χ4v) is 2.09. The van der Waals surface area contributed by atoms with Crippen LogP contribution in [0.25, 0.3) is 0 Å². The molecule has 1 aromatic carbocycles. The Morgan fingerprint density at radius 3 is 2.82 bits per heavy atom. The summed E-state index contributed by atoms with van der Waals surface area (Å²) in [5.74, 6) is -0.174. The zero-order valence-corrected chi connectivity index (χ0v) is 11.2. The maximum Gasteiger partial charge on any atom is 0.127 e. The third kappa shape index (κ3) is 3.17. The molecule has 2 aromatic rings. The summed E-state index contributed by atoms with van der Waals surface area (Å²) in [6.45, 7) is 1.26. The molecular weight excluding hydrogens is 283 g/mol. The number of nitrogens with zero attached hydrogens (tertiary/aromatic N) is 1. The Labute approximate surface area is 109 Å². The number of hydrogen-bond donors (Lipinski definition) is 1. The predicted molar refractivity (Wildman–Crippen MR) is 70.1 cm³/mol. The first-order valence-electron chi connectivity index (χ1n) is 5.41. The van der Waals surface area contributed by atoms with Gasteiger partial charge in [-0.3, -0.25) is 0 Å². The van der Waals surface area contributed by atoms with E-state index in [0.29, 0.717) is 12.1 Å². The fourth-order valence-electron chi connectivity index (χ4n) is 1.68. The van der Waals surface area contributed by atoms with Crippen molar-refractivity contribution in [3.8, 4) is 0 Å². The number of rotatable bonds is 4. The van der Waals surface area contributed by atoms with E-state index in [0.717, 1.165) is 11.0 Å². The molecule has 1 heterocycles. The van der Waals surface area contributed by atoms with Gasteiger partial charge in [0.2, 0.25) is 0 Å². The number of aryl methyl sites for hydroxylation is 1. The highest BCUT2D eigenvalue weighted by molar-refractivity contribution is 9.10. The summed E-state index contributed by atoms with van der Waals surface area (Å²) >= 11 is 3.34. The summed E-state index contributed by atoms with van der Waals surface area (Å²) in [7, 11) is 2.00.